The number of benzene rings is 2. The molecule has 1 N–H and O–H groups in total. The number of fused-ring (bicyclic) bond motifs is 4. The van der Waals surface area contributed by atoms with Crippen LogP contribution < -0.4 is 5.32 Å². The Hall–Kier alpha value is -1.66. The van der Waals surface area contributed by atoms with Crippen LogP contribution in [-0.4, -0.2) is 12.5 Å². The molecule has 0 radical (unpaired) electrons. The molecule has 0 bridgehead atoms. The van der Waals surface area contributed by atoms with Crippen molar-refractivity contribution in [2.75, 3.05) is 12.4 Å². The Morgan fingerprint density at radius 1 is 1.12 bits per heavy atom. The van der Waals surface area contributed by atoms with Gasteiger partial charge in [-0.3, -0.25) is 0 Å². The van der Waals surface area contributed by atoms with Crippen molar-refractivity contribution in [1.29, 1.82) is 0 Å². The van der Waals surface area contributed by atoms with Gasteiger partial charge in [-0.05, 0) is 35.4 Å². The Bertz CT molecular complexity index is 849. The van der Waals surface area contributed by atoms with E-state index in [0.717, 1.165) is 16.6 Å². The van der Waals surface area contributed by atoms with Crippen LogP contribution in [0.15, 0.2) is 47.4 Å². The lowest BCUT2D eigenvalue weighted by Crippen LogP contribution is -2.48. The van der Waals surface area contributed by atoms with Gasteiger partial charge in [0.15, 0.2) is 0 Å². The highest BCUT2D eigenvalue weighted by molar-refractivity contribution is 7.99. The minimum absolute atomic E-state index is 0.00311. The molecule has 26 heavy (non-hydrogen) atoms. The van der Waals surface area contributed by atoms with E-state index in [1.807, 2.05) is 26.0 Å². The molecular weight excluding hydrogens is 359 g/mol. The van der Waals surface area contributed by atoms with Gasteiger partial charge in [0.2, 0.25) is 0 Å². The zero-order chi connectivity index (χ0) is 18.7. The highest BCUT2D eigenvalue weighted by Crippen LogP contribution is 2.57. The molecule has 2 aliphatic rings. The topological polar surface area (TPSA) is 21.3 Å². The number of hydrogen-bond acceptors (Lipinski definition) is 3. The van der Waals surface area contributed by atoms with Crippen LogP contribution in [0.4, 0.5) is 18.9 Å². The molecule has 0 fully saturated rings. The summed E-state index contributed by atoms with van der Waals surface area (Å²) in [6, 6.07) is 12.1. The van der Waals surface area contributed by atoms with Gasteiger partial charge in [0.05, 0.1) is 11.6 Å². The molecule has 0 aliphatic carbocycles. The lowest BCUT2D eigenvalue weighted by molar-refractivity contribution is -0.137. The molecule has 3 atom stereocenters. The van der Waals surface area contributed by atoms with Crippen molar-refractivity contribution < 1.29 is 17.9 Å². The first-order valence-corrected chi connectivity index (χ1v) is 9.38. The Morgan fingerprint density at radius 2 is 1.85 bits per heavy atom. The summed E-state index contributed by atoms with van der Waals surface area (Å²) in [7, 11) is 1.67. The molecule has 0 spiro atoms. The molecule has 0 aromatic heterocycles. The Labute approximate surface area is 155 Å². The van der Waals surface area contributed by atoms with Gasteiger partial charge in [0, 0.05) is 29.0 Å². The maximum atomic E-state index is 13.2. The maximum Gasteiger partial charge on any atom is 0.416 e. The fraction of sp³-hybridized carbons (Fsp3) is 0.400. The van der Waals surface area contributed by atoms with Crippen molar-refractivity contribution in [3.63, 3.8) is 0 Å². The predicted octanol–water partition coefficient (Wildman–Crippen LogP) is 5.84. The van der Waals surface area contributed by atoms with Gasteiger partial charge in [-0.25, -0.2) is 0 Å². The largest absolute Gasteiger partial charge is 0.416 e. The molecule has 138 valence electrons. The molecule has 2 aromatic carbocycles. The van der Waals surface area contributed by atoms with Gasteiger partial charge in [0.1, 0.15) is 5.44 Å². The third-order valence-corrected chi connectivity index (χ3v) is 6.91. The van der Waals surface area contributed by atoms with Crippen molar-refractivity contribution >= 4 is 17.4 Å². The van der Waals surface area contributed by atoms with Crippen molar-refractivity contribution in [3.8, 4) is 0 Å². The van der Waals surface area contributed by atoms with Crippen LogP contribution in [0.5, 0.6) is 0 Å². The average Bonchev–Trinajstić information content (AvgIpc) is 2.59. The molecule has 2 nitrogen and oxygen atoms in total. The first-order valence-electron chi connectivity index (χ1n) is 8.50. The van der Waals surface area contributed by atoms with Crippen LogP contribution in [0, 0.1) is 5.92 Å². The molecule has 6 heteroatoms. The van der Waals surface area contributed by atoms with Crippen molar-refractivity contribution in [3.05, 3.63) is 59.2 Å². The third kappa shape index (κ3) is 2.62. The van der Waals surface area contributed by atoms with Gasteiger partial charge in [0.25, 0.3) is 0 Å². The standard InChI is InChI=1S/C20H20F3NOS/c1-19(2)13-10-11(20(21,22)23)8-9-14(13)24-17-12-6-4-5-7-15(12)26-18(25-3)16(17)19/h4-10,16-18,24H,1-3H3. The predicted molar refractivity (Wildman–Crippen MR) is 97.4 cm³/mol. The van der Waals surface area contributed by atoms with E-state index in [1.54, 1.807) is 24.9 Å². The van der Waals surface area contributed by atoms with Crippen LogP contribution in [0.2, 0.25) is 0 Å². The van der Waals surface area contributed by atoms with E-state index < -0.39 is 17.2 Å². The molecule has 2 heterocycles. The molecule has 2 aliphatic heterocycles. The van der Waals surface area contributed by atoms with E-state index in [9.17, 15) is 13.2 Å². The molecule has 4 rings (SSSR count). The quantitative estimate of drug-likeness (QED) is 0.672. The number of thioether (sulfide) groups is 1. The van der Waals surface area contributed by atoms with Gasteiger partial charge >= 0.3 is 6.18 Å². The highest BCUT2D eigenvalue weighted by Gasteiger charge is 2.51. The molecule has 2 aromatic rings. The summed E-state index contributed by atoms with van der Waals surface area (Å²) in [5, 5.41) is 3.49. The minimum Gasteiger partial charge on any atom is -0.378 e. The smallest absolute Gasteiger partial charge is 0.378 e. The van der Waals surface area contributed by atoms with Crippen LogP contribution in [-0.2, 0) is 16.3 Å². The summed E-state index contributed by atoms with van der Waals surface area (Å²) < 4.78 is 45.5. The number of anilines is 1. The fourth-order valence-electron chi connectivity index (χ4n) is 4.24. The number of rotatable bonds is 1. The van der Waals surface area contributed by atoms with E-state index in [1.165, 1.54) is 11.6 Å². The summed E-state index contributed by atoms with van der Waals surface area (Å²) in [4.78, 5) is 1.15. The Morgan fingerprint density at radius 3 is 2.54 bits per heavy atom. The molecule has 0 saturated carbocycles. The summed E-state index contributed by atoms with van der Waals surface area (Å²) in [6.07, 6.45) is -4.35. The average molecular weight is 379 g/mol. The monoisotopic (exact) mass is 379 g/mol. The first-order chi connectivity index (χ1) is 12.2. The zero-order valence-corrected chi connectivity index (χ0v) is 15.5. The lowest BCUT2D eigenvalue weighted by atomic mass is 9.65. The number of halogens is 3. The Kier molecular flexibility index (Phi) is 4.04. The summed E-state index contributed by atoms with van der Waals surface area (Å²) >= 11 is 1.64. The second-order valence-electron chi connectivity index (χ2n) is 7.39. The van der Waals surface area contributed by atoms with Crippen LogP contribution >= 0.6 is 11.8 Å². The second kappa shape index (κ2) is 5.92. The van der Waals surface area contributed by atoms with Gasteiger partial charge in [-0.1, -0.05) is 43.8 Å². The SMILES string of the molecule is COC1Sc2ccccc2C2Nc3ccc(C(F)(F)F)cc3C(C)(C)C12. The van der Waals surface area contributed by atoms with E-state index in [-0.39, 0.29) is 17.4 Å². The number of ether oxygens (including phenoxy) is 1. The first kappa shape index (κ1) is 17.7. The minimum atomic E-state index is -4.35. The van der Waals surface area contributed by atoms with Crippen LogP contribution in [0.1, 0.15) is 36.6 Å². The van der Waals surface area contributed by atoms with Gasteiger partial charge < -0.3 is 10.1 Å². The molecule has 0 amide bonds. The zero-order valence-electron chi connectivity index (χ0n) is 14.7. The second-order valence-corrected chi connectivity index (χ2v) is 8.53. The highest BCUT2D eigenvalue weighted by atomic mass is 32.2. The third-order valence-electron chi connectivity index (χ3n) is 5.57. The lowest BCUT2D eigenvalue weighted by Gasteiger charge is -2.51. The molecule has 0 saturated heterocycles. The summed E-state index contributed by atoms with van der Waals surface area (Å²) in [5.74, 6) is 0.00313. The normalized spacial score (nSPS) is 26.3. The van der Waals surface area contributed by atoms with E-state index in [0.29, 0.717) is 5.56 Å². The molecular formula is C20H20F3NOS. The Balaban J connectivity index is 1.88. The summed E-state index contributed by atoms with van der Waals surface area (Å²) in [5.41, 5.74) is 1.40. The fourth-order valence-corrected chi connectivity index (χ4v) is 5.72. The summed E-state index contributed by atoms with van der Waals surface area (Å²) in [6.45, 7) is 4.04. The van der Waals surface area contributed by atoms with Crippen molar-refractivity contribution in [1.82, 2.24) is 0 Å². The maximum absolute atomic E-state index is 13.2. The van der Waals surface area contributed by atoms with Crippen molar-refractivity contribution in [2.24, 2.45) is 5.92 Å². The van der Waals surface area contributed by atoms with Crippen LogP contribution in [0.3, 0.4) is 0 Å². The molecule has 3 unspecified atom stereocenters. The van der Waals surface area contributed by atoms with E-state index >= 15 is 0 Å². The number of nitrogens with one attached hydrogen (secondary N) is 1. The van der Waals surface area contributed by atoms with Gasteiger partial charge in [-0.2, -0.15) is 13.2 Å². The van der Waals surface area contributed by atoms with Crippen LogP contribution in [0.25, 0.3) is 0 Å². The number of alkyl halides is 3. The van der Waals surface area contributed by atoms with E-state index in [4.69, 9.17) is 4.74 Å². The number of methoxy groups -OCH3 is 1. The van der Waals surface area contributed by atoms with Crippen molar-refractivity contribution in [2.45, 2.75) is 41.8 Å². The van der Waals surface area contributed by atoms with E-state index in [2.05, 4.69) is 17.4 Å². The van der Waals surface area contributed by atoms with Gasteiger partial charge in [-0.15, -0.1) is 0 Å². The number of hydrogen-bond donors (Lipinski definition) is 1.